The highest BCUT2D eigenvalue weighted by molar-refractivity contribution is 5.92. The van der Waals surface area contributed by atoms with Crippen LogP contribution in [0.2, 0.25) is 0 Å². The van der Waals surface area contributed by atoms with Crippen LogP contribution in [0.5, 0.6) is 5.75 Å². The highest BCUT2D eigenvalue weighted by atomic mass is 16.5. The van der Waals surface area contributed by atoms with E-state index in [4.69, 9.17) is 4.74 Å². The largest absolute Gasteiger partial charge is 0.491 e. The van der Waals surface area contributed by atoms with E-state index in [0.717, 1.165) is 17.0 Å². The van der Waals surface area contributed by atoms with Crippen LogP contribution in [-0.2, 0) is 20.9 Å². The Morgan fingerprint density at radius 3 is 2.68 bits per heavy atom. The van der Waals surface area contributed by atoms with Crippen molar-refractivity contribution in [3.63, 3.8) is 0 Å². The average Bonchev–Trinajstić information content (AvgIpc) is 2.69. The Balaban J connectivity index is 2.09. The first kappa shape index (κ1) is 21.2. The SMILES string of the molecule is COC(=O)CCN(Cc1ccccn1)C(=O)/C=C/c1cccc(OC(C)C)c1. The van der Waals surface area contributed by atoms with Crippen molar-refractivity contribution in [3.8, 4) is 5.75 Å². The first-order chi connectivity index (χ1) is 13.5. The number of hydrogen-bond donors (Lipinski definition) is 0. The second-order valence-electron chi connectivity index (χ2n) is 6.48. The molecule has 0 aliphatic rings. The maximum atomic E-state index is 12.7. The minimum Gasteiger partial charge on any atom is -0.491 e. The lowest BCUT2D eigenvalue weighted by atomic mass is 10.2. The zero-order valence-electron chi connectivity index (χ0n) is 16.5. The van der Waals surface area contributed by atoms with E-state index in [2.05, 4.69) is 9.72 Å². The lowest BCUT2D eigenvalue weighted by Crippen LogP contribution is -2.31. The number of hydrogen-bond acceptors (Lipinski definition) is 5. The molecular formula is C22H26N2O4. The van der Waals surface area contributed by atoms with Crippen LogP contribution in [0.15, 0.2) is 54.7 Å². The molecule has 0 fully saturated rings. The molecule has 6 nitrogen and oxygen atoms in total. The van der Waals surface area contributed by atoms with E-state index in [-0.39, 0.29) is 30.9 Å². The molecule has 1 aromatic heterocycles. The quantitative estimate of drug-likeness (QED) is 0.491. The number of methoxy groups -OCH3 is 1. The van der Waals surface area contributed by atoms with Crippen molar-refractivity contribution in [2.45, 2.75) is 32.9 Å². The van der Waals surface area contributed by atoms with Crippen molar-refractivity contribution in [1.82, 2.24) is 9.88 Å². The van der Waals surface area contributed by atoms with Gasteiger partial charge in [0.1, 0.15) is 5.75 Å². The van der Waals surface area contributed by atoms with Gasteiger partial charge in [0.15, 0.2) is 0 Å². The Morgan fingerprint density at radius 1 is 1.18 bits per heavy atom. The molecule has 1 aromatic carbocycles. The summed E-state index contributed by atoms with van der Waals surface area (Å²) in [6.45, 7) is 4.49. The van der Waals surface area contributed by atoms with Crippen LogP contribution in [0.3, 0.4) is 0 Å². The van der Waals surface area contributed by atoms with Gasteiger partial charge in [-0.3, -0.25) is 14.6 Å². The fourth-order valence-electron chi connectivity index (χ4n) is 2.52. The molecule has 0 saturated heterocycles. The average molecular weight is 382 g/mol. The number of rotatable bonds is 9. The van der Waals surface area contributed by atoms with Gasteiger partial charge in [-0.2, -0.15) is 0 Å². The maximum absolute atomic E-state index is 12.7. The molecule has 28 heavy (non-hydrogen) atoms. The predicted molar refractivity (Wildman–Crippen MR) is 108 cm³/mol. The second kappa shape index (κ2) is 10.9. The summed E-state index contributed by atoms with van der Waals surface area (Å²) in [5.74, 6) is 0.187. The predicted octanol–water partition coefficient (Wildman–Crippen LogP) is 3.47. The van der Waals surface area contributed by atoms with Crippen molar-refractivity contribution < 1.29 is 19.1 Å². The Bertz CT molecular complexity index is 803. The molecule has 2 aromatic rings. The molecule has 1 heterocycles. The van der Waals surface area contributed by atoms with Gasteiger partial charge in [0.05, 0.1) is 31.9 Å². The van der Waals surface area contributed by atoms with E-state index in [0.29, 0.717) is 6.54 Å². The van der Waals surface area contributed by atoms with Crippen LogP contribution in [0.25, 0.3) is 6.08 Å². The third-order valence-corrected chi connectivity index (χ3v) is 3.85. The van der Waals surface area contributed by atoms with Crippen molar-refractivity contribution in [2.24, 2.45) is 0 Å². The second-order valence-corrected chi connectivity index (χ2v) is 6.48. The monoisotopic (exact) mass is 382 g/mol. The lowest BCUT2D eigenvalue weighted by Gasteiger charge is -2.20. The van der Waals surface area contributed by atoms with Gasteiger partial charge in [-0.15, -0.1) is 0 Å². The lowest BCUT2D eigenvalue weighted by molar-refractivity contribution is -0.141. The number of amides is 1. The Hall–Kier alpha value is -3.15. The highest BCUT2D eigenvalue weighted by Crippen LogP contribution is 2.16. The van der Waals surface area contributed by atoms with Crippen LogP contribution < -0.4 is 4.74 Å². The van der Waals surface area contributed by atoms with E-state index in [1.807, 2.05) is 56.3 Å². The van der Waals surface area contributed by atoms with Crippen LogP contribution in [0.4, 0.5) is 0 Å². The van der Waals surface area contributed by atoms with E-state index >= 15 is 0 Å². The third-order valence-electron chi connectivity index (χ3n) is 3.85. The zero-order valence-corrected chi connectivity index (χ0v) is 16.5. The Morgan fingerprint density at radius 2 is 2.00 bits per heavy atom. The fraction of sp³-hybridized carbons (Fsp3) is 0.318. The van der Waals surface area contributed by atoms with E-state index in [9.17, 15) is 9.59 Å². The van der Waals surface area contributed by atoms with E-state index < -0.39 is 0 Å². The fourth-order valence-corrected chi connectivity index (χ4v) is 2.52. The molecule has 0 radical (unpaired) electrons. The first-order valence-electron chi connectivity index (χ1n) is 9.18. The number of carbonyl (C=O) groups is 2. The molecule has 6 heteroatoms. The number of benzene rings is 1. The van der Waals surface area contributed by atoms with E-state index in [1.54, 1.807) is 17.2 Å². The van der Waals surface area contributed by atoms with Crippen molar-refractivity contribution in [2.75, 3.05) is 13.7 Å². The zero-order chi connectivity index (χ0) is 20.4. The minimum atomic E-state index is -0.360. The third kappa shape index (κ3) is 7.23. The number of nitrogens with zero attached hydrogens (tertiary/aromatic N) is 2. The smallest absolute Gasteiger partial charge is 0.307 e. The molecule has 0 spiro atoms. The summed E-state index contributed by atoms with van der Waals surface area (Å²) >= 11 is 0. The van der Waals surface area contributed by atoms with Crippen molar-refractivity contribution in [1.29, 1.82) is 0 Å². The summed E-state index contributed by atoms with van der Waals surface area (Å²) in [5, 5.41) is 0. The molecular weight excluding hydrogens is 356 g/mol. The number of pyridine rings is 1. The standard InChI is InChI=1S/C22H26N2O4/c1-17(2)28-20-9-6-7-18(15-20)10-11-21(25)24(14-12-22(26)27-3)16-19-8-4-5-13-23-19/h4-11,13,15,17H,12,14,16H2,1-3H3/b11-10+. The summed E-state index contributed by atoms with van der Waals surface area (Å²) in [4.78, 5) is 30.0. The Kier molecular flexibility index (Phi) is 8.21. The van der Waals surface area contributed by atoms with E-state index in [1.165, 1.54) is 13.2 Å². The van der Waals surface area contributed by atoms with Crippen LogP contribution in [0, 0.1) is 0 Å². The molecule has 0 aliphatic heterocycles. The minimum absolute atomic E-state index is 0.0769. The van der Waals surface area contributed by atoms with Crippen LogP contribution in [0.1, 0.15) is 31.5 Å². The number of esters is 1. The molecule has 0 N–H and O–H groups in total. The molecule has 2 rings (SSSR count). The van der Waals surface area contributed by atoms with Gasteiger partial charge >= 0.3 is 5.97 Å². The van der Waals surface area contributed by atoms with Gasteiger partial charge in [-0.25, -0.2) is 0 Å². The molecule has 0 saturated carbocycles. The first-order valence-corrected chi connectivity index (χ1v) is 9.18. The van der Waals surface area contributed by atoms with Crippen LogP contribution >= 0.6 is 0 Å². The van der Waals surface area contributed by atoms with Gasteiger partial charge in [0, 0.05) is 18.8 Å². The molecule has 0 unspecified atom stereocenters. The Labute approximate surface area is 165 Å². The van der Waals surface area contributed by atoms with Crippen LogP contribution in [-0.4, -0.2) is 41.5 Å². The van der Waals surface area contributed by atoms with Gasteiger partial charge in [-0.1, -0.05) is 18.2 Å². The summed E-state index contributed by atoms with van der Waals surface area (Å²) in [6, 6.07) is 13.1. The van der Waals surface area contributed by atoms with Crippen molar-refractivity contribution in [3.05, 3.63) is 66.0 Å². The topological polar surface area (TPSA) is 68.7 Å². The number of carbonyl (C=O) groups excluding carboxylic acids is 2. The van der Waals surface area contributed by atoms with Gasteiger partial charge in [0.2, 0.25) is 5.91 Å². The summed E-state index contributed by atoms with van der Waals surface area (Å²) in [7, 11) is 1.33. The highest BCUT2D eigenvalue weighted by Gasteiger charge is 2.14. The summed E-state index contributed by atoms with van der Waals surface area (Å²) in [6.07, 6.45) is 5.11. The molecule has 148 valence electrons. The maximum Gasteiger partial charge on any atom is 0.307 e. The number of ether oxygens (including phenoxy) is 2. The molecule has 0 bridgehead atoms. The molecule has 1 amide bonds. The number of aromatic nitrogens is 1. The van der Waals surface area contributed by atoms with Gasteiger partial charge in [0.25, 0.3) is 0 Å². The van der Waals surface area contributed by atoms with Crippen molar-refractivity contribution >= 4 is 18.0 Å². The van der Waals surface area contributed by atoms with Gasteiger partial charge in [-0.05, 0) is 49.8 Å². The summed E-state index contributed by atoms with van der Waals surface area (Å²) in [5.41, 5.74) is 1.61. The molecule has 0 aliphatic carbocycles. The molecule has 0 atom stereocenters. The summed E-state index contributed by atoms with van der Waals surface area (Å²) < 4.78 is 10.4. The normalized spacial score (nSPS) is 10.9. The van der Waals surface area contributed by atoms with Gasteiger partial charge < -0.3 is 14.4 Å².